The molecule has 1 fully saturated rings. The van der Waals surface area contributed by atoms with Crippen LogP contribution in [0.4, 0.5) is 5.69 Å². The smallest absolute Gasteiger partial charge is 0.235 e. The Morgan fingerprint density at radius 1 is 1.40 bits per heavy atom. The maximum atomic E-state index is 11.6. The Hall–Kier alpha value is -1.23. The van der Waals surface area contributed by atoms with Crippen molar-refractivity contribution in [3.63, 3.8) is 0 Å². The van der Waals surface area contributed by atoms with E-state index < -0.39 is 10.0 Å². The summed E-state index contributed by atoms with van der Waals surface area (Å²) in [5.41, 5.74) is 1.02. The average molecular weight is 227 g/mol. The number of sulfonamides is 1. The number of aryl methyl sites for hydroxylation is 1. The van der Waals surface area contributed by atoms with Gasteiger partial charge in [0.2, 0.25) is 10.0 Å². The molecule has 2 rings (SSSR count). The Bertz CT molecular complexity index is 457. The number of hydrogen-bond donors (Lipinski definition) is 2. The molecule has 0 spiro atoms. The lowest BCUT2D eigenvalue weighted by Crippen LogP contribution is -2.18. The monoisotopic (exact) mass is 227 g/mol. The van der Waals surface area contributed by atoms with Crippen molar-refractivity contribution in [1.29, 1.82) is 0 Å². The van der Waals surface area contributed by atoms with Crippen molar-refractivity contribution in [2.45, 2.75) is 25.0 Å². The fraction of sp³-hybridized carbons (Fsp3) is 0.400. The van der Waals surface area contributed by atoms with E-state index in [-0.39, 0.29) is 11.0 Å². The van der Waals surface area contributed by atoms with Crippen LogP contribution in [0.2, 0.25) is 0 Å². The Morgan fingerprint density at radius 2 is 2.07 bits per heavy atom. The minimum atomic E-state index is -3.30. The van der Waals surface area contributed by atoms with Gasteiger partial charge in [-0.2, -0.15) is 0 Å². The number of anilines is 1. The zero-order valence-electron chi connectivity index (χ0n) is 8.40. The first-order valence-corrected chi connectivity index (χ1v) is 6.35. The summed E-state index contributed by atoms with van der Waals surface area (Å²) < 4.78 is 25.7. The van der Waals surface area contributed by atoms with Gasteiger partial charge in [0.25, 0.3) is 0 Å². The molecule has 0 unspecified atom stereocenters. The molecule has 1 aliphatic rings. The maximum absolute atomic E-state index is 11.6. The normalized spacial score (nSPS) is 16.3. The zero-order valence-corrected chi connectivity index (χ0v) is 9.21. The van der Waals surface area contributed by atoms with Crippen LogP contribution >= 0.6 is 0 Å². The van der Waals surface area contributed by atoms with Gasteiger partial charge < -0.3 is 5.11 Å². The quantitative estimate of drug-likeness (QED) is 0.771. The Kier molecular flexibility index (Phi) is 2.34. The van der Waals surface area contributed by atoms with Gasteiger partial charge in [-0.05, 0) is 31.4 Å². The van der Waals surface area contributed by atoms with Crippen molar-refractivity contribution in [3.05, 3.63) is 23.8 Å². The standard InChI is InChI=1S/C10H13NO3S/c1-7-3-2-4-9(12)10(7)11-15(13,14)8-5-6-8/h2-4,8,11-12H,5-6H2,1H3. The van der Waals surface area contributed by atoms with Gasteiger partial charge >= 0.3 is 0 Å². The molecule has 0 saturated heterocycles. The molecule has 0 heterocycles. The van der Waals surface area contributed by atoms with E-state index in [0.29, 0.717) is 18.5 Å². The van der Waals surface area contributed by atoms with E-state index in [2.05, 4.69) is 4.72 Å². The van der Waals surface area contributed by atoms with Crippen LogP contribution in [0.1, 0.15) is 18.4 Å². The summed E-state index contributed by atoms with van der Waals surface area (Å²) in [5.74, 6) is -0.0285. The third kappa shape index (κ3) is 2.07. The number of benzene rings is 1. The Morgan fingerprint density at radius 3 is 2.60 bits per heavy atom. The van der Waals surface area contributed by atoms with Crippen molar-refractivity contribution >= 4 is 15.7 Å². The highest BCUT2D eigenvalue weighted by Crippen LogP contribution is 2.33. The molecule has 82 valence electrons. The Labute approximate surface area is 89.0 Å². The highest BCUT2D eigenvalue weighted by Gasteiger charge is 2.36. The molecule has 0 amide bonds. The first-order chi connectivity index (χ1) is 7.00. The van der Waals surface area contributed by atoms with E-state index in [0.717, 1.165) is 5.56 Å². The summed E-state index contributed by atoms with van der Waals surface area (Å²) in [6, 6.07) is 4.90. The number of hydrogen-bond acceptors (Lipinski definition) is 3. The Balaban J connectivity index is 2.31. The minimum Gasteiger partial charge on any atom is -0.506 e. The summed E-state index contributed by atoms with van der Waals surface area (Å²) >= 11 is 0. The van der Waals surface area contributed by atoms with E-state index in [1.807, 2.05) is 0 Å². The van der Waals surface area contributed by atoms with Crippen LogP contribution in [0.3, 0.4) is 0 Å². The predicted octanol–water partition coefficient (Wildman–Crippen LogP) is 1.60. The lowest BCUT2D eigenvalue weighted by atomic mass is 10.2. The molecule has 0 atom stereocenters. The van der Waals surface area contributed by atoms with Crippen molar-refractivity contribution in [2.75, 3.05) is 4.72 Å². The molecular weight excluding hydrogens is 214 g/mol. The molecule has 0 aromatic heterocycles. The molecule has 0 radical (unpaired) electrons. The number of rotatable bonds is 3. The largest absolute Gasteiger partial charge is 0.506 e. The van der Waals surface area contributed by atoms with Gasteiger partial charge in [-0.15, -0.1) is 0 Å². The van der Waals surface area contributed by atoms with Gasteiger partial charge in [-0.25, -0.2) is 8.42 Å². The second kappa shape index (κ2) is 3.41. The number of aromatic hydroxyl groups is 1. The van der Waals surface area contributed by atoms with Crippen molar-refractivity contribution in [3.8, 4) is 5.75 Å². The highest BCUT2D eigenvalue weighted by atomic mass is 32.2. The third-order valence-corrected chi connectivity index (χ3v) is 4.30. The lowest BCUT2D eigenvalue weighted by molar-refractivity contribution is 0.477. The minimum absolute atomic E-state index is 0.0285. The van der Waals surface area contributed by atoms with Crippen LogP contribution < -0.4 is 4.72 Å². The van der Waals surface area contributed by atoms with E-state index in [9.17, 15) is 13.5 Å². The summed E-state index contributed by atoms with van der Waals surface area (Å²) in [6.45, 7) is 1.75. The fourth-order valence-corrected chi connectivity index (χ4v) is 2.86. The molecule has 1 aliphatic carbocycles. The highest BCUT2D eigenvalue weighted by molar-refractivity contribution is 7.93. The second-order valence-corrected chi connectivity index (χ2v) is 5.78. The summed E-state index contributed by atoms with van der Waals surface area (Å²) in [4.78, 5) is 0. The number of phenols is 1. The number of nitrogens with one attached hydrogen (secondary N) is 1. The number of para-hydroxylation sites is 1. The molecule has 2 N–H and O–H groups in total. The first kappa shape index (κ1) is 10.3. The van der Waals surface area contributed by atoms with Crippen molar-refractivity contribution in [1.82, 2.24) is 0 Å². The maximum Gasteiger partial charge on any atom is 0.235 e. The van der Waals surface area contributed by atoms with Crippen molar-refractivity contribution < 1.29 is 13.5 Å². The molecule has 1 saturated carbocycles. The molecule has 1 aromatic carbocycles. The van der Waals surface area contributed by atoms with Crippen molar-refractivity contribution in [2.24, 2.45) is 0 Å². The van der Waals surface area contributed by atoms with Crippen LogP contribution in [0, 0.1) is 6.92 Å². The molecule has 15 heavy (non-hydrogen) atoms. The second-order valence-electron chi connectivity index (χ2n) is 3.82. The first-order valence-electron chi connectivity index (χ1n) is 4.81. The van der Waals surface area contributed by atoms with Crippen LogP contribution in [-0.2, 0) is 10.0 Å². The van der Waals surface area contributed by atoms with Crippen LogP contribution in [0.15, 0.2) is 18.2 Å². The average Bonchev–Trinajstić information content (AvgIpc) is 2.94. The van der Waals surface area contributed by atoms with Gasteiger partial charge in [-0.3, -0.25) is 4.72 Å². The summed E-state index contributed by atoms with van der Waals surface area (Å²) in [7, 11) is -3.30. The molecule has 0 aliphatic heterocycles. The summed E-state index contributed by atoms with van der Waals surface area (Å²) in [5, 5.41) is 9.25. The van der Waals surface area contributed by atoms with Gasteiger partial charge in [0.1, 0.15) is 5.75 Å². The van der Waals surface area contributed by atoms with E-state index >= 15 is 0 Å². The van der Waals surface area contributed by atoms with Gasteiger partial charge in [-0.1, -0.05) is 12.1 Å². The molecular formula is C10H13NO3S. The third-order valence-electron chi connectivity index (χ3n) is 2.46. The van der Waals surface area contributed by atoms with Gasteiger partial charge in [0.15, 0.2) is 0 Å². The van der Waals surface area contributed by atoms with Crippen LogP contribution in [0.25, 0.3) is 0 Å². The predicted molar refractivity (Wildman–Crippen MR) is 58.4 cm³/mol. The molecule has 0 bridgehead atoms. The molecule has 1 aromatic rings. The van der Waals surface area contributed by atoms with Crippen LogP contribution in [0.5, 0.6) is 5.75 Å². The van der Waals surface area contributed by atoms with Gasteiger partial charge in [0, 0.05) is 0 Å². The van der Waals surface area contributed by atoms with E-state index in [1.165, 1.54) is 6.07 Å². The number of phenolic OH excluding ortho intramolecular Hbond substituents is 1. The molecule has 5 heteroatoms. The summed E-state index contributed by atoms with van der Waals surface area (Å²) in [6.07, 6.45) is 1.42. The zero-order chi connectivity index (χ0) is 11.1. The van der Waals surface area contributed by atoms with Crippen LogP contribution in [-0.4, -0.2) is 18.8 Å². The lowest BCUT2D eigenvalue weighted by Gasteiger charge is -2.11. The van der Waals surface area contributed by atoms with E-state index in [4.69, 9.17) is 0 Å². The molecule has 4 nitrogen and oxygen atoms in total. The topological polar surface area (TPSA) is 66.4 Å². The SMILES string of the molecule is Cc1cccc(O)c1NS(=O)(=O)C1CC1. The van der Waals surface area contributed by atoms with E-state index in [1.54, 1.807) is 19.1 Å². The fourth-order valence-electron chi connectivity index (χ4n) is 1.39. The van der Waals surface area contributed by atoms with Gasteiger partial charge in [0.05, 0.1) is 10.9 Å².